The first-order chi connectivity index (χ1) is 32.0. The molecule has 9 nitrogen and oxygen atoms in total. The van der Waals surface area contributed by atoms with E-state index in [1.807, 2.05) is 208 Å². The quantitative estimate of drug-likeness (QED) is 0.0337. The van der Waals surface area contributed by atoms with Crippen LogP contribution < -0.4 is 0 Å². The average Bonchev–Trinajstić information content (AvgIpc) is 3.35. The third kappa shape index (κ3) is 14.1. The van der Waals surface area contributed by atoms with Gasteiger partial charge in [0.1, 0.15) is 30.5 Å². The van der Waals surface area contributed by atoms with Crippen LogP contribution in [0.4, 0.5) is 0 Å². The minimum atomic E-state index is -3.80. The van der Waals surface area contributed by atoms with E-state index in [1.165, 1.54) is 0 Å². The SMILES string of the molecule is CCOP(=O)(OCC)C(C/C=C/[C@@H]1O[C@H](COCc2ccccc2)[C@@H](OCc2ccccc2)[C@H](OCc2ccccc2)[C@H]1OCc1ccccc1)N=C(c1ccccc1)c1ccccc1. The van der Waals surface area contributed by atoms with E-state index in [0.29, 0.717) is 32.1 Å². The monoisotopic (exact) mass is 893 g/mol. The van der Waals surface area contributed by atoms with Crippen LogP contribution in [0.25, 0.3) is 0 Å². The van der Waals surface area contributed by atoms with Crippen molar-refractivity contribution in [2.24, 2.45) is 4.99 Å². The van der Waals surface area contributed by atoms with Crippen LogP contribution in [0.15, 0.2) is 199 Å². The second-order valence-corrected chi connectivity index (χ2v) is 17.8. The lowest BCUT2D eigenvalue weighted by Gasteiger charge is -2.45. The van der Waals surface area contributed by atoms with E-state index in [-0.39, 0.29) is 26.2 Å². The van der Waals surface area contributed by atoms with E-state index in [4.69, 9.17) is 37.7 Å². The Morgan fingerprint density at radius 1 is 0.554 bits per heavy atom. The summed E-state index contributed by atoms with van der Waals surface area (Å²) in [5.74, 6) is -0.890. The number of ether oxygens (including phenoxy) is 5. The van der Waals surface area contributed by atoms with Gasteiger partial charge in [-0.25, -0.2) is 0 Å². The Morgan fingerprint density at radius 2 is 0.954 bits per heavy atom. The molecule has 6 aromatic rings. The van der Waals surface area contributed by atoms with Crippen molar-refractivity contribution >= 4 is 13.3 Å². The summed E-state index contributed by atoms with van der Waals surface area (Å²) in [7, 11) is -3.80. The van der Waals surface area contributed by atoms with Crippen LogP contribution in [-0.4, -0.2) is 61.8 Å². The van der Waals surface area contributed by atoms with E-state index in [2.05, 4.69) is 0 Å². The van der Waals surface area contributed by atoms with Gasteiger partial charge in [-0.3, -0.25) is 9.56 Å². The van der Waals surface area contributed by atoms with Crippen molar-refractivity contribution in [1.82, 2.24) is 0 Å². The van der Waals surface area contributed by atoms with Crippen molar-refractivity contribution in [3.63, 3.8) is 0 Å². The zero-order valence-electron chi connectivity index (χ0n) is 37.3. The summed E-state index contributed by atoms with van der Waals surface area (Å²) in [4.78, 5) is 5.25. The molecule has 1 aliphatic rings. The molecule has 0 aliphatic carbocycles. The fourth-order valence-electron chi connectivity index (χ4n) is 7.79. The zero-order valence-corrected chi connectivity index (χ0v) is 38.2. The van der Waals surface area contributed by atoms with Crippen molar-refractivity contribution in [2.75, 3.05) is 19.8 Å². The molecule has 0 radical (unpaired) electrons. The summed E-state index contributed by atoms with van der Waals surface area (Å²) >= 11 is 0. The van der Waals surface area contributed by atoms with Crippen LogP contribution in [-0.2, 0) is 63.7 Å². The van der Waals surface area contributed by atoms with Gasteiger partial charge < -0.3 is 32.7 Å². The predicted octanol–water partition coefficient (Wildman–Crippen LogP) is 11.8. The van der Waals surface area contributed by atoms with Crippen molar-refractivity contribution in [3.8, 4) is 0 Å². The van der Waals surface area contributed by atoms with Crippen LogP contribution >= 0.6 is 7.60 Å². The molecule has 338 valence electrons. The Balaban J connectivity index is 1.27. The molecule has 65 heavy (non-hydrogen) atoms. The highest BCUT2D eigenvalue weighted by Gasteiger charge is 2.48. The molecule has 1 aliphatic heterocycles. The molecule has 1 unspecified atom stereocenters. The van der Waals surface area contributed by atoms with Gasteiger partial charge in [0.2, 0.25) is 0 Å². The summed E-state index contributed by atoms with van der Waals surface area (Å²) < 4.78 is 61.1. The minimum absolute atomic E-state index is 0.190. The molecule has 1 fully saturated rings. The fraction of sp³-hybridized carbons (Fsp3) is 0.291. The van der Waals surface area contributed by atoms with Gasteiger partial charge in [-0.2, -0.15) is 0 Å². The third-order valence-corrected chi connectivity index (χ3v) is 13.2. The van der Waals surface area contributed by atoms with E-state index in [0.717, 1.165) is 33.4 Å². The molecule has 0 aromatic heterocycles. The van der Waals surface area contributed by atoms with Gasteiger partial charge in [0.25, 0.3) is 0 Å². The molecule has 10 heteroatoms. The smallest absolute Gasteiger partial charge is 0.355 e. The molecule has 0 N–H and O–H groups in total. The number of benzene rings is 6. The minimum Gasteiger partial charge on any atom is -0.374 e. The average molecular weight is 894 g/mol. The summed E-state index contributed by atoms with van der Waals surface area (Å²) in [5, 5.41) is 0. The molecule has 0 amide bonds. The standard InChI is InChI=1S/C55H60NO8P/c1-3-62-65(57,63-4-2)51(56-52(47-32-19-9-20-33-47)48-34-21-10-22-35-48)37-23-36-49-53(59-39-44-26-13-6-14-27-44)55(61-41-46-30-17-8-18-31-46)54(60-40-45-28-15-7-16-29-45)50(64-49)42-58-38-43-24-11-5-12-25-43/h5-36,49-51,53-55H,3-4,37-42H2,1-2H3/b36-23+/t49-,50+,51?,53-,54+,55+/m0/s1. The van der Waals surface area contributed by atoms with Crippen molar-refractivity contribution < 1.29 is 37.3 Å². The van der Waals surface area contributed by atoms with E-state index < -0.39 is 43.9 Å². The van der Waals surface area contributed by atoms with Crippen LogP contribution in [0, 0.1) is 0 Å². The summed E-state index contributed by atoms with van der Waals surface area (Å²) in [6.07, 6.45) is 1.09. The zero-order chi connectivity index (χ0) is 44.9. The molecular weight excluding hydrogens is 834 g/mol. The molecule has 0 saturated carbocycles. The maximum Gasteiger partial charge on any atom is 0.355 e. The maximum atomic E-state index is 14.8. The second kappa shape index (κ2) is 25.4. The lowest BCUT2D eigenvalue weighted by molar-refractivity contribution is -0.263. The Kier molecular flexibility index (Phi) is 18.6. The number of hydrogen-bond donors (Lipinski definition) is 0. The van der Waals surface area contributed by atoms with Gasteiger partial charge in [-0.15, -0.1) is 0 Å². The molecule has 1 heterocycles. The number of aliphatic imine (C=N–C) groups is 1. The van der Waals surface area contributed by atoms with Gasteiger partial charge in [-0.1, -0.05) is 194 Å². The molecule has 0 spiro atoms. The third-order valence-electron chi connectivity index (χ3n) is 10.9. The van der Waals surface area contributed by atoms with Crippen molar-refractivity contribution in [3.05, 3.63) is 228 Å². The molecule has 7 rings (SSSR count). The molecule has 0 bridgehead atoms. The molecule has 6 atom stereocenters. The Bertz CT molecular complexity index is 2300. The van der Waals surface area contributed by atoms with Gasteiger partial charge in [0.15, 0.2) is 5.78 Å². The first kappa shape index (κ1) is 47.6. The summed E-state index contributed by atoms with van der Waals surface area (Å²) in [6.45, 7) is 5.58. The van der Waals surface area contributed by atoms with Crippen LogP contribution in [0.5, 0.6) is 0 Å². The summed E-state index contributed by atoms with van der Waals surface area (Å²) in [6, 6.07) is 60.1. The largest absolute Gasteiger partial charge is 0.374 e. The number of rotatable bonds is 24. The second-order valence-electron chi connectivity index (χ2n) is 15.7. The van der Waals surface area contributed by atoms with Crippen LogP contribution in [0.2, 0.25) is 0 Å². The first-order valence-electron chi connectivity index (χ1n) is 22.5. The predicted molar refractivity (Wildman–Crippen MR) is 257 cm³/mol. The molecular formula is C55H60NO8P. The van der Waals surface area contributed by atoms with Gasteiger partial charge in [-0.05, 0) is 42.5 Å². The number of nitrogens with zero attached hydrogens (tertiary/aromatic N) is 1. The van der Waals surface area contributed by atoms with E-state index >= 15 is 0 Å². The van der Waals surface area contributed by atoms with Crippen LogP contribution in [0.3, 0.4) is 0 Å². The first-order valence-corrected chi connectivity index (χ1v) is 24.1. The van der Waals surface area contributed by atoms with Gasteiger partial charge >= 0.3 is 7.60 Å². The fourth-order valence-corrected chi connectivity index (χ4v) is 9.57. The molecule has 6 aromatic carbocycles. The lowest BCUT2D eigenvalue weighted by Crippen LogP contribution is -2.60. The van der Waals surface area contributed by atoms with Gasteiger partial charge in [0, 0.05) is 11.1 Å². The highest BCUT2D eigenvalue weighted by atomic mass is 31.2. The highest BCUT2D eigenvalue weighted by Crippen LogP contribution is 2.55. The van der Waals surface area contributed by atoms with Crippen LogP contribution in [0.1, 0.15) is 53.6 Å². The number of hydrogen-bond acceptors (Lipinski definition) is 9. The normalized spacial score (nSPS) is 19.2. The Morgan fingerprint density at radius 3 is 1.40 bits per heavy atom. The Hall–Kier alpha value is -5.32. The van der Waals surface area contributed by atoms with E-state index in [1.54, 1.807) is 0 Å². The lowest BCUT2D eigenvalue weighted by atomic mass is 9.93. The topological polar surface area (TPSA) is 94.0 Å². The highest BCUT2D eigenvalue weighted by molar-refractivity contribution is 7.54. The van der Waals surface area contributed by atoms with Gasteiger partial charge in [0.05, 0.1) is 52.0 Å². The van der Waals surface area contributed by atoms with E-state index in [9.17, 15) is 4.57 Å². The van der Waals surface area contributed by atoms with Crippen molar-refractivity contribution in [2.45, 2.75) is 83.0 Å². The Labute approximate surface area is 384 Å². The molecule has 1 saturated heterocycles. The maximum absolute atomic E-state index is 14.8. The van der Waals surface area contributed by atoms with Crippen molar-refractivity contribution in [1.29, 1.82) is 0 Å². The summed E-state index contributed by atoms with van der Waals surface area (Å²) in [5.41, 5.74) is 6.55.